The van der Waals surface area contributed by atoms with Gasteiger partial charge in [-0.3, -0.25) is 4.57 Å². The van der Waals surface area contributed by atoms with Crippen LogP contribution in [0.3, 0.4) is 0 Å². The number of hydrogen-bond acceptors (Lipinski definition) is 4. The van der Waals surface area contributed by atoms with Crippen molar-refractivity contribution >= 4 is 7.60 Å². The zero-order chi connectivity index (χ0) is 24.4. The maximum Gasteiger partial charge on any atom is 0.336 e. The van der Waals surface area contributed by atoms with E-state index in [0.717, 1.165) is 32.1 Å². The minimum atomic E-state index is -3.23. The van der Waals surface area contributed by atoms with Gasteiger partial charge in [0.2, 0.25) is 0 Å². The molecule has 0 spiro atoms. The third-order valence-corrected chi connectivity index (χ3v) is 9.47. The molecule has 185 valence electrons. The Hall–Kier alpha value is -1.71. The van der Waals surface area contributed by atoms with Gasteiger partial charge >= 0.3 is 7.60 Å². The molecule has 2 aromatic rings. The highest BCUT2D eigenvalue weighted by atomic mass is 31.2. The van der Waals surface area contributed by atoms with E-state index in [1.165, 1.54) is 11.1 Å². The van der Waals surface area contributed by atoms with Gasteiger partial charge in [0.05, 0.1) is 18.9 Å². The van der Waals surface area contributed by atoms with Crippen LogP contribution in [0.4, 0.5) is 0 Å². The largest absolute Gasteiger partial charge is 0.375 e. The van der Waals surface area contributed by atoms with E-state index in [1.54, 1.807) is 7.11 Å². The van der Waals surface area contributed by atoms with E-state index >= 15 is 0 Å². The van der Waals surface area contributed by atoms with Crippen LogP contribution in [-0.2, 0) is 23.8 Å². The van der Waals surface area contributed by atoms with Crippen LogP contribution in [0.2, 0.25) is 0 Å². The fourth-order valence-corrected chi connectivity index (χ4v) is 7.18. The van der Waals surface area contributed by atoms with Gasteiger partial charge in [-0.15, -0.1) is 0 Å². The van der Waals surface area contributed by atoms with Crippen LogP contribution in [-0.4, -0.2) is 26.0 Å². The molecule has 2 atom stereocenters. The lowest BCUT2D eigenvalue weighted by molar-refractivity contribution is 0.167. The average molecular weight is 484 g/mol. The van der Waals surface area contributed by atoms with Gasteiger partial charge in [0.15, 0.2) is 0 Å². The predicted molar refractivity (Wildman–Crippen MR) is 140 cm³/mol. The first-order valence-corrected chi connectivity index (χ1v) is 14.2. The Bertz CT molecular complexity index is 878. The van der Waals surface area contributed by atoms with Crippen LogP contribution in [0.5, 0.6) is 0 Å². The summed E-state index contributed by atoms with van der Waals surface area (Å²) in [5, 5.41) is 0. The molecule has 0 heterocycles. The van der Waals surface area contributed by atoms with Crippen molar-refractivity contribution in [3.05, 3.63) is 90.0 Å². The van der Waals surface area contributed by atoms with Gasteiger partial charge in [-0.25, -0.2) is 0 Å². The van der Waals surface area contributed by atoms with Gasteiger partial charge < -0.3 is 13.8 Å². The molecule has 1 saturated carbocycles. The average Bonchev–Trinajstić information content (AvgIpc) is 3.60. The maximum atomic E-state index is 13.3. The first-order valence-electron chi connectivity index (χ1n) is 12.6. The zero-order valence-corrected chi connectivity index (χ0v) is 22.0. The molecule has 2 aromatic carbocycles. The van der Waals surface area contributed by atoms with E-state index in [4.69, 9.17) is 13.8 Å². The summed E-state index contributed by atoms with van der Waals surface area (Å²) >= 11 is 0. The minimum Gasteiger partial charge on any atom is -0.375 e. The highest BCUT2D eigenvalue weighted by Crippen LogP contribution is 2.60. The standard InChI is InChI=1S/C29H40O4P/c1-5-32-34(30,33-6-2)28(24(3)31-4)22-16-8-7-11-21-27-23-29(27,25-17-12-9-13-18-25)26-19-14-10-15-20-26/h9-15,17-21,27-28H,5-8,16,22-23H2,1-4H3/b21-11+. The molecule has 1 radical (unpaired) electrons. The normalized spacial score (nSPS) is 18.4. The molecule has 0 N–H and O–H groups in total. The lowest BCUT2D eigenvalue weighted by Gasteiger charge is -2.29. The Balaban J connectivity index is 1.57. The number of allylic oxidation sites excluding steroid dienone is 2. The number of rotatable bonds is 15. The van der Waals surface area contributed by atoms with Gasteiger partial charge in [0.25, 0.3) is 0 Å². The van der Waals surface area contributed by atoms with Crippen LogP contribution >= 0.6 is 7.60 Å². The lowest BCUT2D eigenvalue weighted by Crippen LogP contribution is -2.21. The molecule has 0 aliphatic heterocycles. The van der Waals surface area contributed by atoms with Crippen LogP contribution < -0.4 is 0 Å². The molecule has 0 aromatic heterocycles. The number of methoxy groups -OCH3 is 1. The third kappa shape index (κ3) is 6.29. The topological polar surface area (TPSA) is 44.8 Å². The van der Waals surface area contributed by atoms with Crippen molar-refractivity contribution in [3.8, 4) is 0 Å². The fourth-order valence-electron chi connectivity index (χ4n) is 4.98. The highest BCUT2D eigenvalue weighted by molar-refractivity contribution is 7.54. The summed E-state index contributed by atoms with van der Waals surface area (Å²) in [5.74, 6) is 0.519. The SMILES string of the molecule is CCOP(=O)(OCC)C(CCCC/C=C/C1CC1(c1ccccc1)c1ccccc1)[C](C)OC. The van der Waals surface area contributed by atoms with E-state index in [1.807, 2.05) is 20.8 Å². The van der Waals surface area contributed by atoms with Crippen molar-refractivity contribution in [2.24, 2.45) is 5.92 Å². The van der Waals surface area contributed by atoms with E-state index in [9.17, 15) is 4.57 Å². The summed E-state index contributed by atoms with van der Waals surface area (Å²) in [6.07, 6.45) is 10.3. The van der Waals surface area contributed by atoms with E-state index in [-0.39, 0.29) is 11.1 Å². The van der Waals surface area contributed by atoms with Crippen molar-refractivity contribution in [2.45, 2.75) is 63.9 Å². The van der Waals surface area contributed by atoms with Gasteiger partial charge in [-0.1, -0.05) is 79.2 Å². The number of benzene rings is 2. The third-order valence-electron chi connectivity index (χ3n) is 6.85. The smallest absolute Gasteiger partial charge is 0.336 e. The van der Waals surface area contributed by atoms with Crippen molar-refractivity contribution in [1.29, 1.82) is 0 Å². The van der Waals surface area contributed by atoms with Gasteiger partial charge in [0, 0.05) is 12.5 Å². The summed E-state index contributed by atoms with van der Waals surface area (Å²) < 4.78 is 30.0. The molecular weight excluding hydrogens is 443 g/mol. The second-order valence-electron chi connectivity index (χ2n) is 8.93. The quantitative estimate of drug-likeness (QED) is 0.146. The molecule has 1 aliphatic rings. The number of hydrogen-bond donors (Lipinski definition) is 0. The summed E-state index contributed by atoms with van der Waals surface area (Å²) in [6, 6.07) is 21.7. The number of ether oxygens (including phenoxy) is 1. The Kier molecular flexibility index (Phi) is 10.2. The van der Waals surface area contributed by atoms with Crippen LogP contribution in [0.15, 0.2) is 72.8 Å². The minimum absolute atomic E-state index is 0.0935. The van der Waals surface area contributed by atoms with Crippen molar-refractivity contribution in [2.75, 3.05) is 20.3 Å². The molecule has 3 rings (SSSR count). The molecule has 1 fully saturated rings. The van der Waals surface area contributed by atoms with Crippen molar-refractivity contribution in [3.63, 3.8) is 0 Å². The zero-order valence-electron chi connectivity index (χ0n) is 21.1. The molecule has 0 bridgehead atoms. The molecule has 34 heavy (non-hydrogen) atoms. The Morgan fingerprint density at radius 3 is 2.06 bits per heavy atom. The summed E-state index contributed by atoms with van der Waals surface area (Å²) in [5.41, 5.74) is 2.56. The first-order chi connectivity index (χ1) is 16.5. The Morgan fingerprint density at radius 1 is 1.00 bits per heavy atom. The summed E-state index contributed by atoms with van der Waals surface area (Å²) in [6.45, 7) is 6.28. The predicted octanol–water partition coefficient (Wildman–Crippen LogP) is 7.94. The lowest BCUT2D eigenvalue weighted by atomic mass is 9.85. The van der Waals surface area contributed by atoms with Crippen molar-refractivity contribution in [1.82, 2.24) is 0 Å². The maximum absolute atomic E-state index is 13.3. The fraction of sp³-hybridized carbons (Fsp3) is 0.483. The number of unbranched alkanes of at least 4 members (excludes halogenated alkanes) is 2. The highest BCUT2D eigenvalue weighted by Gasteiger charge is 2.54. The van der Waals surface area contributed by atoms with E-state index in [0.29, 0.717) is 25.2 Å². The molecule has 1 aliphatic carbocycles. The second kappa shape index (κ2) is 12.8. The molecule has 0 saturated heterocycles. The van der Waals surface area contributed by atoms with Gasteiger partial charge in [-0.2, -0.15) is 0 Å². The van der Waals surface area contributed by atoms with E-state index < -0.39 is 7.60 Å². The summed E-state index contributed by atoms with van der Waals surface area (Å²) in [7, 11) is -1.61. The van der Waals surface area contributed by atoms with Crippen LogP contribution in [0, 0.1) is 12.0 Å². The van der Waals surface area contributed by atoms with Gasteiger partial charge in [0.1, 0.15) is 6.10 Å². The molecule has 0 amide bonds. The molecule has 4 nitrogen and oxygen atoms in total. The summed E-state index contributed by atoms with van der Waals surface area (Å²) in [4.78, 5) is 0. The Morgan fingerprint density at radius 2 is 1.56 bits per heavy atom. The Labute approximate surface area is 206 Å². The molecule has 2 unspecified atom stereocenters. The molecular formula is C29H40O4P. The van der Waals surface area contributed by atoms with E-state index in [2.05, 4.69) is 72.8 Å². The van der Waals surface area contributed by atoms with Crippen LogP contribution in [0.25, 0.3) is 0 Å². The monoisotopic (exact) mass is 483 g/mol. The van der Waals surface area contributed by atoms with Crippen molar-refractivity contribution < 1.29 is 18.3 Å². The molecule has 5 heteroatoms. The van der Waals surface area contributed by atoms with Crippen LogP contribution in [0.1, 0.15) is 64.0 Å². The van der Waals surface area contributed by atoms with Gasteiger partial charge in [-0.05, 0) is 63.5 Å². The first kappa shape index (κ1) is 26.9. The second-order valence-corrected chi connectivity index (χ2v) is 11.2.